The van der Waals surface area contributed by atoms with Crippen molar-refractivity contribution in [3.8, 4) is 0 Å². The fourth-order valence-electron chi connectivity index (χ4n) is 2.77. The lowest BCUT2D eigenvalue weighted by Gasteiger charge is -2.24. The topological polar surface area (TPSA) is 58.1 Å². The van der Waals surface area contributed by atoms with Crippen molar-refractivity contribution in [2.75, 3.05) is 24.7 Å². The molecule has 5 nitrogen and oxygen atoms in total. The molecule has 1 aromatic carbocycles. The van der Waals surface area contributed by atoms with Crippen molar-refractivity contribution in [2.45, 2.75) is 31.6 Å². The molecule has 1 aromatic heterocycles. The van der Waals surface area contributed by atoms with Gasteiger partial charge in [-0.15, -0.1) is 10.2 Å². The molecule has 3 rings (SSSR count). The van der Waals surface area contributed by atoms with Gasteiger partial charge in [0.2, 0.25) is 5.13 Å². The van der Waals surface area contributed by atoms with Crippen LogP contribution in [0.3, 0.4) is 0 Å². The third kappa shape index (κ3) is 4.78. The van der Waals surface area contributed by atoms with E-state index in [2.05, 4.69) is 26.7 Å². The molecule has 0 atom stereocenters. The lowest BCUT2D eigenvalue weighted by molar-refractivity contribution is 0.102. The number of piperidine rings is 1. The second-order valence-corrected chi connectivity index (χ2v) is 7.85. The van der Waals surface area contributed by atoms with E-state index in [0.29, 0.717) is 10.7 Å². The molecule has 128 valence electrons. The molecular formula is C17H22N4OS2. The lowest BCUT2D eigenvalue weighted by Crippen LogP contribution is -2.28. The molecule has 7 heteroatoms. The Kier molecular flexibility index (Phi) is 6.23. The fourth-order valence-corrected chi connectivity index (χ4v) is 4.07. The second kappa shape index (κ2) is 8.60. The Bertz CT molecular complexity index is 665. The highest BCUT2D eigenvalue weighted by Crippen LogP contribution is 2.20. The first-order chi connectivity index (χ1) is 11.7. The average molecular weight is 363 g/mol. The SMILES string of the molecule is CSCc1ccc(C(=O)Nc2nnc(CN3CCCCC3)s2)cc1. The molecule has 1 aliphatic heterocycles. The molecule has 0 unspecified atom stereocenters. The van der Waals surface area contributed by atoms with E-state index < -0.39 is 0 Å². The van der Waals surface area contributed by atoms with Gasteiger partial charge in [0.25, 0.3) is 5.91 Å². The summed E-state index contributed by atoms with van der Waals surface area (Å²) in [6.45, 7) is 3.09. The Morgan fingerprint density at radius 2 is 1.96 bits per heavy atom. The van der Waals surface area contributed by atoms with Crippen LogP contribution in [0.4, 0.5) is 5.13 Å². The first-order valence-corrected chi connectivity index (χ1v) is 10.4. The third-order valence-electron chi connectivity index (χ3n) is 4.02. The molecule has 1 saturated heterocycles. The number of nitrogens with one attached hydrogen (secondary N) is 1. The fraction of sp³-hybridized carbons (Fsp3) is 0.471. The highest BCUT2D eigenvalue weighted by molar-refractivity contribution is 7.97. The number of benzene rings is 1. The zero-order chi connectivity index (χ0) is 16.8. The van der Waals surface area contributed by atoms with Crippen LogP contribution in [-0.4, -0.2) is 40.3 Å². The van der Waals surface area contributed by atoms with Crippen LogP contribution >= 0.6 is 23.1 Å². The van der Waals surface area contributed by atoms with Crippen molar-refractivity contribution < 1.29 is 4.79 Å². The number of rotatable bonds is 6. The van der Waals surface area contributed by atoms with Gasteiger partial charge in [-0.2, -0.15) is 11.8 Å². The maximum Gasteiger partial charge on any atom is 0.257 e. The first-order valence-electron chi connectivity index (χ1n) is 8.18. The van der Waals surface area contributed by atoms with Crippen molar-refractivity contribution in [1.82, 2.24) is 15.1 Å². The first kappa shape index (κ1) is 17.4. The lowest BCUT2D eigenvalue weighted by atomic mass is 10.1. The highest BCUT2D eigenvalue weighted by Gasteiger charge is 2.14. The van der Waals surface area contributed by atoms with Gasteiger partial charge >= 0.3 is 0 Å². The summed E-state index contributed by atoms with van der Waals surface area (Å²) in [4.78, 5) is 14.7. The number of thioether (sulfide) groups is 1. The minimum atomic E-state index is -0.133. The van der Waals surface area contributed by atoms with Crippen molar-refractivity contribution in [1.29, 1.82) is 0 Å². The maximum absolute atomic E-state index is 12.3. The molecule has 2 aromatic rings. The number of hydrogen-bond donors (Lipinski definition) is 1. The van der Waals surface area contributed by atoms with Gasteiger partial charge in [-0.25, -0.2) is 0 Å². The molecule has 0 radical (unpaired) electrons. The summed E-state index contributed by atoms with van der Waals surface area (Å²) in [7, 11) is 0. The van der Waals surface area contributed by atoms with Gasteiger partial charge in [0.1, 0.15) is 5.01 Å². The van der Waals surface area contributed by atoms with Crippen LogP contribution in [0.5, 0.6) is 0 Å². The van der Waals surface area contributed by atoms with Crippen LogP contribution in [0.15, 0.2) is 24.3 Å². The second-order valence-electron chi connectivity index (χ2n) is 5.92. The van der Waals surface area contributed by atoms with Gasteiger partial charge in [0.05, 0.1) is 6.54 Å². The molecule has 24 heavy (non-hydrogen) atoms. The standard InChI is InChI=1S/C17H22N4OS2/c1-23-12-13-5-7-14(8-6-13)16(22)18-17-20-19-15(24-17)11-21-9-3-2-4-10-21/h5-8H,2-4,9-12H2,1H3,(H,18,20,22). The number of aromatic nitrogens is 2. The Morgan fingerprint density at radius 3 is 2.67 bits per heavy atom. The largest absolute Gasteiger partial charge is 0.297 e. The number of hydrogen-bond acceptors (Lipinski definition) is 6. The number of carbonyl (C=O) groups excluding carboxylic acids is 1. The zero-order valence-electron chi connectivity index (χ0n) is 13.8. The molecule has 1 aliphatic rings. The molecule has 0 saturated carbocycles. The van der Waals surface area contributed by atoms with E-state index in [1.807, 2.05) is 24.3 Å². The number of amides is 1. The molecule has 0 spiro atoms. The van der Waals surface area contributed by atoms with E-state index in [1.165, 1.54) is 36.2 Å². The summed E-state index contributed by atoms with van der Waals surface area (Å²) >= 11 is 3.23. The molecular weight excluding hydrogens is 340 g/mol. The molecule has 1 N–H and O–H groups in total. The van der Waals surface area contributed by atoms with Crippen molar-refractivity contribution >= 4 is 34.1 Å². The number of likely N-dealkylation sites (tertiary alicyclic amines) is 1. The van der Waals surface area contributed by atoms with Crippen LogP contribution in [0.1, 0.15) is 40.2 Å². The molecule has 0 aliphatic carbocycles. The summed E-state index contributed by atoms with van der Waals surface area (Å²) < 4.78 is 0. The van der Waals surface area contributed by atoms with Crippen LogP contribution < -0.4 is 5.32 Å². The van der Waals surface area contributed by atoms with E-state index >= 15 is 0 Å². The van der Waals surface area contributed by atoms with Crippen molar-refractivity contribution in [2.24, 2.45) is 0 Å². The number of nitrogens with zero attached hydrogens (tertiary/aromatic N) is 3. The van der Waals surface area contributed by atoms with E-state index in [1.54, 1.807) is 11.8 Å². The van der Waals surface area contributed by atoms with Crippen molar-refractivity contribution in [3.63, 3.8) is 0 Å². The van der Waals surface area contributed by atoms with Crippen LogP contribution in [-0.2, 0) is 12.3 Å². The monoisotopic (exact) mass is 362 g/mol. The van der Waals surface area contributed by atoms with Crippen LogP contribution in [0, 0.1) is 0 Å². The minimum absolute atomic E-state index is 0.133. The maximum atomic E-state index is 12.3. The smallest absolute Gasteiger partial charge is 0.257 e. The molecule has 1 fully saturated rings. The zero-order valence-corrected chi connectivity index (χ0v) is 15.5. The number of carbonyl (C=O) groups is 1. The Balaban J connectivity index is 1.56. The van der Waals surface area contributed by atoms with Gasteiger partial charge in [-0.05, 0) is 49.9 Å². The van der Waals surface area contributed by atoms with E-state index in [4.69, 9.17) is 0 Å². The Morgan fingerprint density at radius 1 is 1.21 bits per heavy atom. The normalized spacial score (nSPS) is 15.4. The summed E-state index contributed by atoms with van der Waals surface area (Å²) in [6.07, 6.45) is 5.91. The highest BCUT2D eigenvalue weighted by atomic mass is 32.2. The van der Waals surface area contributed by atoms with Crippen LogP contribution in [0.25, 0.3) is 0 Å². The van der Waals surface area contributed by atoms with Gasteiger partial charge in [0.15, 0.2) is 0 Å². The van der Waals surface area contributed by atoms with Gasteiger partial charge in [-0.1, -0.05) is 29.9 Å². The third-order valence-corrected chi connectivity index (χ3v) is 5.47. The summed E-state index contributed by atoms with van der Waals surface area (Å²) in [5.41, 5.74) is 1.87. The van der Waals surface area contributed by atoms with E-state index in [9.17, 15) is 4.79 Å². The van der Waals surface area contributed by atoms with Gasteiger partial charge < -0.3 is 0 Å². The summed E-state index contributed by atoms with van der Waals surface area (Å²) in [6, 6.07) is 7.70. The predicted octanol–water partition coefficient (Wildman–Crippen LogP) is 3.64. The number of anilines is 1. The molecule has 0 bridgehead atoms. The Labute approximate surface area is 150 Å². The Hall–Kier alpha value is -1.44. The van der Waals surface area contributed by atoms with Gasteiger partial charge in [-0.3, -0.25) is 15.0 Å². The van der Waals surface area contributed by atoms with E-state index in [0.717, 1.165) is 30.4 Å². The quantitative estimate of drug-likeness (QED) is 0.850. The van der Waals surface area contributed by atoms with Gasteiger partial charge in [0, 0.05) is 11.3 Å². The van der Waals surface area contributed by atoms with Crippen molar-refractivity contribution in [3.05, 3.63) is 40.4 Å². The molecule has 2 heterocycles. The summed E-state index contributed by atoms with van der Waals surface area (Å²) in [5.74, 6) is 0.824. The average Bonchev–Trinajstić information content (AvgIpc) is 3.03. The van der Waals surface area contributed by atoms with E-state index in [-0.39, 0.29) is 5.91 Å². The minimum Gasteiger partial charge on any atom is -0.297 e. The summed E-state index contributed by atoms with van der Waals surface area (Å²) in [5, 5.41) is 12.7. The predicted molar refractivity (Wildman–Crippen MR) is 101 cm³/mol. The van der Waals surface area contributed by atoms with Crippen LogP contribution in [0.2, 0.25) is 0 Å². The molecule has 1 amide bonds.